The number of H-pyrrole nitrogens is 1. The van der Waals surface area contributed by atoms with Gasteiger partial charge in [-0.15, -0.1) is 0 Å². The van der Waals surface area contributed by atoms with Crippen LogP contribution in [0.15, 0.2) is 0 Å². The highest BCUT2D eigenvalue weighted by molar-refractivity contribution is 6.30. The molecule has 20 heavy (non-hydrogen) atoms. The van der Waals surface area contributed by atoms with E-state index in [9.17, 15) is 0 Å². The van der Waals surface area contributed by atoms with Crippen LogP contribution in [0.2, 0.25) is 5.15 Å². The molecule has 114 valence electrons. The first-order chi connectivity index (χ1) is 9.50. The predicted octanol–water partition coefficient (Wildman–Crippen LogP) is 4.46. The van der Waals surface area contributed by atoms with Crippen molar-refractivity contribution in [3.63, 3.8) is 0 Å². The lowest BCUT2D eigenvalue weighted by atomic mass is 9.75. The van der Waals surface area contributed by atoms with Gasteiger partial charge < -0.3 is 10.3 Å². The van der Waals surface area contributed by atoms with E-state index in [0.29, 0.717) is 16.6 Å². The van der Waals surface area contributed by atoms with Crippen molar-refractivity contribution in [2.75, 3.05) is 0 Å². The molecule has 0 bridgehead atoms. The van der Waals surface area contributed by atoms with Crippen LogP contribution in [0, 0.1) is 5.41 Å². The molecule has 0 aliphatic heterocycles. The molecule has 0 amide bonds. The van der Waals surface area contributed by atoms with E-state index in [-0.39, 0.29) is 0 Å². The zero-order chi connectivity index (χ0) is 14.6. The zero-order valence-corrected chi connectivity index (χ0v) is 13.8. The molecule has 1 fully saturated rings. The number of nitrogens with zero attached hydrogens (tertiary/aromatic N) is 1. The van der Waals surface area contributed by atoms with Crippen molar-refractivity contribution in [3.8, 4) is 0 Å². The molecular weight excluding hydrogens is 270 g/mol. The highest BCUT2D eigenvalue weighted by atomic mass is 35.5. The number of aromatic nitrogens is 2. The summed E-state index contributed by atoms with van der Waals surface area (Å²) in [5.74, 6) is 1.03. The van der Waals surface area contributed by atoms with E-state index in [2.05, 4.69) is 36.1 Å². The van der Waals surface area contributed by atoms with Crippen molar-refractivity contribution in [2.24, 2.45) is 5.41 Å². The van der Waals surface area contributed by atoms with E-state index in [1.807, 2.05) is 0 Å². The molecule has 3 nitrogen and oxygen atoms in total. The van der Waals surface area contributed by atoms with Gasteiger partial charge in [0.05, 0.1) is 5.69 Å². The van der Waals surface area contributed by atoms with Gasteiger partial charge in [-0.05, 0) is 31.1 Å². The molecule has 0 spiro atoms. The number of hydrogen-bond acceptors (Lipinski definition) is 2. The van der Waals surface area contributed by atoms with E-state index in [0.717, 1.165) is 30.9 Å². The number of hydrogen-bond donors (Lipinski definition) is 2. The van der Waals surface area contributed by atoms with Crippen molar-refractivity contribution < 1.29 is 0 Å². The van der Waals surface area contributed by atoms with Gasteiger partial charge in [-0.3, -0.25) is 0 Å². The van der Waals surface area contributed by atoms with Crippen LogP contribution in [-0.2, 0) is 13.0 Å². The number of aryl methyl sites for hydroxylation is 1. The van der Waals surface area contributed by atoms with E-state index in [1.165, 1.54) is 32.1 Å². The third-order valence-electron chi connectivity index (χ3n) is 4.32. The van der Waals surface area contributed by atoms with Crippen LogP contribution in [0.25, 0.3) is 0 Å². The molecule has 1 heterocycles. The number of aromatic amines is 1. The van der Waals surface area contributed by atoms with Crippen molar-refractivity contribution in [3.05, 3.63) is 16.7 Å². The first kappa shape index (κ1) is 15.8. The van der Waals surface area contributed by atoms with Gasteiger partial charge in [-0.25, -0.2) is 4.98 Å². The maximum absolute atomic E-state index is 6.22. The molecule has 0 aromatic carbocycles. The van der Waals surface area contributed by atoms with Crippen LogP contribution in [0.5, 0.6) is 0 Å². The van der Waals surface area contributed by atoms with Crippen LogP contribution in [0.4, 0.5) is 0 Å². The van der Waals surface area contributed by atoms with Crippen LogP contribution in [-0.4, -0.2) is 16.0 Å². The molecule has 4 heteroatoms. The van der Waals surface area contributed by atoms with E-state index in [1.54, 1.807) is 0 Å². The molecule has 0 saturated heterocycles. The highest BCUT2D eigenvalue weighted by Gasteiger charge is 2.27. The maximum Gasteiger partial charge on any atom is 0.151 e. The summed E-state index contributed by atoms with van der Waals surface area (Å²) < 4.78 is 0. The first-order valence-electron chi connectivity index (χ1n) is 7.97. The Labute approximate surface area is 127 Å². The zero-order valence-electron chi connectivity index (χ0n) is 13.1. The molecule has 0 radical (unpaired) electrons. The number of nitrogens with one attached hydrogen (secondary N) is 2. The predicted molar refractivity (Wildman–Crippen MR) is 85.1 cm³/mol. The van der Waals surface area contributed by atoms with Gasteiger partial charge in [0.1, 0.15) is 5.82 Å². The molecular formula is C16H28ClN3. The Bertz CT molecular complexity index is 425. The molecule has 1 aromatic rings. The normalized spacial score (nSPS) is 22.1. The molecule has 2 rings (SSSR count). The molecule has 1 aromatic heterocycles. The van der Waals surface area contributed by atoms with Gasteiger partial charge in [-0.2, -0.15) is 0 Å². The molecule has 1 aliphatic carbocycles. The molecule has 1 atom stereocenters. The largest absolute Gasteiger partial charge is 0.344 e. The van der Waals surface area contributed by atoms with E-state index >= 15 is 0 Å². The summed E-state index contributed by atoms with van der Waals surface area (Å²) in [7, 11) is 0. The first-order valence-corrected chi connectivity index (χ1v) is 8.34. The summed E-state index contributed by atoms with van der Waals surface area (Å²) in [5.41, 5.74) is 1.51. The second-order valence-corrected chi connectivity index (χ2v) is 7.25. The van der Waals surface area contributed by atoms with Gasteiger partial charge in [0.25, 0.3) is 0 Å². The lowest BCUT2D eigenvalue weighted by molar-refractivity contribution is 0.197. The number of imidazole rings is 1. The summed E-state index contributed by atoms with van der Waals surface area (Å²) in [6.45, 7) is 7.73. The second kappa shape index (κ2) is 6.95. The van der Waals surface area contributed by atoms with Crippen molar-refractivity contribution >= 4 is 11.6 Å². The summed E-state index contributed by atoms with van der Waals surface area (Å²) in [4.78, 5) is 7.78. The standard InChI is InChI=1S/C16H28ClN3/c1-4-5-8-14-19-13(15(17)20-14)11-18-12-7-6-9-16(2,3)10-12/h12,18H,4-11H2,1-3H3,(H,19,20). The summed E-state index contributed by atoms with van der Waals surface area (Å²) in [6, 6.07) is 0.609. The van der Waals surface area contributed by atoms with Crippen molar-refractivity contribution in [2.45, 2.75) is 78.3 Å². The Kier molecular flexibility index (Phi) is 5.50. The second-order valence-electron chi connectivity index (χ2n) is 6.89. The fourth-order valence-corrected chi connectivity index (χ4v) is 3.35. The van der Waals surface area contributed by atoms with Crippen LogP contribution < -0.4 is 5.32 Å². The summed E-state index contributed by atoms with van der Waals surface area (Å²) >= 11 is 6.22. The lowest BCUT2D eigenvalue weighted by Crippen LogP contribution is -2.37. The molecule has 1 saturated carbocycles. The average Bonchev–Trinajstić information content (AvgIpc) is 2.73. The topological polar surface area (TPSA) is 40.7 Å². The molecule has 2 N–H and O–H groups in total. The number of rotatable bonds is 6. The van der Waals surface area contributed by atoms with Gasteiger partial charge >= 0.3 is 0 Å². The SMILES string of the molecule is CCCCc1nc(Cl)c(CNC2CCCC(C)(C)C2)[nH]1. The minimum absolute atomic E-state index is 0.472. The Morgan fingerprint density at radius 2 is 2.25 bits per heavy atom. The third-order valence-corrected chi connectivity index (χ3v) is 4.63. The Morgan fingerprint density at radius 3 is 2.95 bits per heavy atom. The third kappa shape index (κ3) is 4.49. The van der Waals surface area contributed by atoms with Gasteiger partial charge in [-0.1, -0.05) is 45.2 Å². The quantitative estimate of drug-likeness (QED) is 0.813. The van der Waals surface area contributed by atoms with Crippen molar-refractivity contribution in [1.82, 2.24) is 15.3 Å². The van der Waals surface area contributed by atoms with Gasteiger partial charge in [0.15, 0.2) is 5.15 Å². The Hall–Kier alpha value is -0.540. The highest BCUT2D eigenvalue weighted by Crippen LogP contribution is 2.35. The smallest absolute Gasteiger partial charge is 0.151 e. The number of halogens is 1. The summed E-state index contributed by atoms with van der Waals surface area (Å²) in [5, 5.41) is 4.29. The fraction of sp³-hybridized carbons (Fsp3) is 0.812. The average molecular weight is 298 g/mol. The fourth-order valence-electron chi connectivity index (χ4n) is 3.14. The van der Waals surface area contributed by atoms with Crippen molar-refractivity contribution in [1.29, 1.82) is 0 Å². The monoisotopic (exact) mass is 297 g/mol. The number of unbranched alkanes of at least 4 members (excludes halogenated alkanes) is 1. The minimum atomic E-state index is 0.472. The van der Waals surface area contributed by atoms with Crippen LogP contribution >= 0.6 is 11.6 Å². The minimum Gasteiger partial charge on any atom is -0.344 e. The summed E-state index contributed by atoms with van der Waals surface area (Å²) in [6.07, 6.45) is 8.53. The Balaban J connectivity index is 1.85. The lowest BCUT2D eigenvalue weighted by Gasteiger charge is -2.35. The van der Waals surface area contributed by atoms with E-state index < -0.39 is 0 Å². The van der Waals surface area contributed by atoms with Gasteiger partial charge in [0, 0.05) is 19.0 Å². The van der Waals surface area contributed by atoms with E-state index in [4.69, 9.17) is 11.6 Å². The molecule has 1 aliphatic rings. The van der Waals surface area contributed by atoms with Crippen LogP contribution in [0.3, 0.4) is 0 Å². The Morgan fingerprint density at radius 1 is 1.45 bits per heavy atom. The van der Waals surface area contributed by atoms with Crippen LogP contribution in [0.1, 0.15) is 70.8 Å². The maximum atomic E-state index is 6.22. The molecule has 1 unspecified atom stereocenters. The van der Waals surface area contributed by atoms with Gasteiger partial charge in [0.2, 0.25) is 0 Å².